The molecule has 0 aliphatic carbocycles. The molecule has 3 heteroatoms. The fourth-order valence-corrected chi connectivity index (χ4v) is 3.47. The van der Waals surface area contributed by atoms with Crippen molar-refractivity contribution in [3.8, 4) is 0 Å². The van der Waals surface area contributed by atoms with Crippen LogP contribution in [0.25, 0.3) is 0 Å². The quantitative estimate of drug-likeness (QED) is 0.833. The van der Waals surface area contributed by atoms with Gasteiger partial charge in [-0.25, -0.2) is 0 Å². The summed E-state index contributed by atoms with van der Waals surface area (Å²) >= 11 is 0. The summed E-state index contributed by atoms with van der Waals surface area (Å²) in [5.74, 6) is 1.19. The number of hydrogen-bond donors (Lipinski definition) is 2. The molecule has 0 saturated carbocycles. The zero-order valence-electron chi connectivity index (χ0n) is 12.7. The summed E-state index contributed by atoms with van der Waals surface area (Å²) in [7, 11) is 0. The summed E-state index contributed by atoms with van der Waals surface area (Å²) in [5, 5.41) is 7.41. The van der Waals surface area contributed by atoms with Crippen LogP contribution in [0.5, 0.6) is 0 Å². The van der Waals surface area contributed by atoms with Gasteiger partial charge in [-0.2, -0.15) is 0 Å². The Bertz CT molecular complexity index is 606. The van der Waals surface area contributed by atoms with Crippen LogP contribution in [0.3, 0.4) is 0 Å². The SMILES string of the molecule is c1ccc([C@@H]2CC[N+]3=C(N2)N[C@H](c2ccccc2)CC3)cc1. The van der Waals surface area contributed by atoms with Gasteiger partial charge in [0.05, 0.1) is 13.1 Å². The Kier molecular flexibility index (Phi) is 3.55. The Morgan fingerprint density at radius 2 is 1.14 bits per heavy atom. The summed E-state index contributed by atoms with van der Waals surface area (Å²) in [6, 6.07) is 22.3. The average molecular weight is 292 g/mol. The first-order valence-corrected chi connectivity index (χ1v) is 8.15. The maximum atomic E-state index is 3.70. The molecule has 2 N–H and O–H groups in total. The minimum atomic E-state index is 0.412. The molecule has 2 aliphatic heterocycles. The molecule has 112 valence electrons. The highest BCUT2D eigenvalue weighted by Crippen LogP contribution is 2.24. The first-order valence-electron chi connectivity index (χ1n) is 8.15. The predicted octanol–water partition coefficient (Wildman–Crippen LogP) is 2.82. The van der Waals surface area contributed by atoms with Crippen molar-refractivity contribution in [2.24, 2.45) is 0 Å². The minimum absolute atomic E-state index is 0.412. The topological polar surface area (TPSA) is 27.1 Å². The third-order valence-corrected chi connectivity index (χ3v) is 4.72. The van der Waals surface area contributed by atoms with E-state index in [1.54, 1.807) is 0 Å². The maximum Gasteiger partial charge on any atom is 0.346 e. The second-order valence-corrected chi connectivity index (χ2v) is 6.13. The van der Waals surface area contributed by atoms with E-state index in [1.807, 2.05) is 0 Å². The van der Waals surface area contributed by atoms with E-state index >= 15 is 0 Å². The first-order chi connectivity index (χ1) is 10.9. The van der Waals surface area contributed by atoms with Crippen LogP contribution in [-0.2, 0) is 0 Å². The average Bonchev–Trinajstić information content (AvgIpc) is 2.62. The van der Waals surface area contributed by atoms with Gasteiger partial charge in [-0.3, -0.25) is 15.2 Å². The molecule has 2 atom stereocenters. The van der Waals surface area contributed by atoms with Crippen LogP contribution in [0.1, 0.15) is 36.1 Å². The number of guanidine groups is 1. The van der Waals surface area contributed by atoms with Crippen LogP contribution in [0.15, 0.2) is 60.7 Å². The fraction of sp³-hybridized carbons (Fsp3) is 0.316. The van der Waals surface area contributed by atoms with E-state index in [2.05, 4.69) is 75.9 Å². The van der Waals surface area contributed by atoms with Crippen LogP contribution in [-0.4, -0.2) is 23.6 Å². The zero-order valence-corrected chi connectivity index (χ0v) is 12.7. The molecule has 2 aromatic rings. The first kappa shape index (κ1) is 13.4. The van der Waals surface area contributed by atoms with Gasteiger partial charge >= 0.3 is 5.96 Å². The van der Waals surface area contributed by atoms with Crippen molar-refractivity contribution in [2.75, 3.05) is 13.1 Å². The molecule has 0 spiro atoms. The lowest BCUT2D eigenvalue weighted by Crippen LogP contribution is -2.54. The van der Waals surface area contributed by atoms with Gasteiger partial charge in [0.1, 0.15) is 12.1 Å². The van der Waals surface area contributed by atoms with Gasteiger partial charge in [-0.05, 0) is 11.1 Å². The lowest BCUT2D eigenvalue weighted by molar-refractivity contribution is -0.543. The molecule has 22 heavy (non-hydrogen) atoms. The van der Waals surface area contributed by atoms with Gasteiger partial charge in [0.15, 0.2) is 0 Å². The van der Waals surface area contributed by atoms with E-state index in [-0.39, 0.29) is 0 Å². The summed E-state index contributed by atoms with van der Waals surface area (Å²) in [6.07, 6.45) is 2.32. The summed E-state index contributed by atoms with van der Waals surface area (Å²) < 4.78 is 2.44. The van der Waals surface area contributed by atoms with E-state index < -0.39 is 0 Å². The van der Waals surface area contributed by atoms with E-state index in [0.717, 1.165) is 25.9 Å². The van der Waals surface area contributed by atoms with Gasteiger partial charge in [-0.15, -0.1) is 0 Å². The van der Waals surface area contributed by atoms with Gasteiger partial charge in [0.25, 0.3) is 0 Å². The van der Waals surface area contributed by atoms with Crippen LogP contribution in [0.4, 0.5) is 0 Å². The van der Waals surface area contributed by atoms with Gasteiger partial charge in [0.2, 0.25) is 0 Å². The molecule has 0 fully saturated rings. The molecule has 2 aliphatic rings. The minimum Gasteiger partial charge on any atom is -0.271 e. The Labute approximate surface area is 131 Å². The van der Waals surface area contributed by atoms with E-state index in [0.29, 0.717) is 12.1 Å². The normalized spacial score (nSPS) is 24.2. The molecule has 0 unspecified atom stereocenters. The molecular formula is C19H22N3+. The Balaban J connectivity index is 1.53. The van der Waals surface area contributed by atoms with Crippen LogP contribution in [0, 0.1) is 0 Å². The monoisotopic (exact) mass is 292 g/mol. The standard InChI is InChI=1S/C19H21N3/c1-3-7-15(8-4-1)17-11-13-22-14-12-18(21-19(22)20-17)16-9-5-2-6-10-16/h1-10,17-18H,11-14H2,(H,20,21)/p+1/t17-,18-/m0/s1. The van der Waals surface area contributed by atoms with Crippen LogP contribution >= 0.6 is 0 Å². The van der Waals surface area contributed by atoms with Crippen molar-refractivity contribution in [1.29, 1.82) is 0 Å². The van der Waals surface area contributed by atoms with Crippen LogP contribution in [0.2, 0.25) is 0 Å². The number of nitrogens with zero attached hydrogens (tertiary/aromatic N) is 1. The summed E-state index contributed by atoms with van der Waals surface area (Å²) in [6.45, 7) is 2.24. The number of rotatable bonds is 2. The second-order valence-electron chi connectivity index (χ2n) is 6.13. The Morgan fingerprint density at radius 1 is 0.682 bits per heavy atom. The van der Waals surface area contributed by atoms with Crippen molar-refractivity contribution in [1.82, 2.24) is 10.6 Å². The van der Waals surface area contributed by atoms with Gasteiger partial charge < -0.3 is 0 Å². The van der Waals surface area contributed by atoms with Gasteiger partial charge in [-0.1, -0.05) is 60.7 Å². The Morgan fingerprint density at radius 3 is 1.59 bits per heavy atom. The molecule has 0 bridgehead atoms. The fourth-order valence-electron chi connectivity index (χ4n) is 3.47. The van der Waals surface area contributed by atoms with Gasteiger partial charge in [0, 0.05) is 12.8 Å². The maximum absolute atomic E-state index is 3.70. The summed E-state index contributed by atoms with van der Waals surface area (Å²) in [5.41, 5.74) is 2.75. The van der Waals surface area contributed by atoms with Crippen LogP contribution < -0.4 is 10.6 Å². The largest absolute Gasteiger partial charge is 0.346 e. The molecule has 0 aromatic heterocycles. The highest BCUT2D eigenvalue weighted by Gasteiger charge is 2.32. The molecular weight excluding hydrogens is 270 g/mol. The smallest absolute Gasteiger partial charge is 0.271 e. The van der Waals surface area contributed by atoms with Crippen molar-refractivity contribution in [3.63, 3.8) is 0 Å². The molecule has 2 heterocycles. The number of hydrogen-bond acceptors (Lipinski definition) is 2. The lowest BCUT2D eigenvalue weighted by Gasteiger charge is -2.31. The second kappa shape index (κ2) is 5.84. The highest BCUT2D eigenvalue weighted by molar-refractivity contribution is 5.76. The molecule has 4 rings (SSSR count). The molecule has 0 radical (unpaired) electrons. The van der Waals surface area contributed by atoms with E-state index in [4.69, 9.17) is 0 Å². The lowest BCUT2D eigenvalue weighted by atomic mass is 9.99. The third kappa shape index (κ3) is 2.59. The Hall–Kier alpha value is -2.29. The third-order valence-electron chi connectivity index (χ3n) is 4.72. The number of nitrogens with one attached hydrogen (secondary N) is 2. The molecule has 2 aromatic carbocycles. The number of benzene rings is 2. The van der Waals surface area contributed by atoms with Crippen molar-refractivity contribution in [2.45, 2.75) is 24.9 Å². The van der Waals surface area contributed by atoms with Crippen molar-refractivity contribution in [3.05, 3.63) is 71.8 Å². The molecule has 0 saturated heterocycles. The van der Waals surface area contributed by atoms with Crippen molar-refractivity contribution >= 4 is 5.96 Å². The summed E-state index contributed by atoms with van der Waals surface area (Å²) in [4.78, 5) is 0. The van der Waals surface area contributed by atoms with E-state index in [1.165, 1.54) is 17.1 Å². The predicted molar refractivity (Wildman–Crippen MR) is 88.9 cm³/mol. The molecule has 0 amide bonds. The highest BCUT2D eigenvalue weighted by atomic mass is 15.3. The zero-order chi connectivity index (χ0) is 14.8. The molecule has 3 nitrogen and oxygen atoms in total. The van der Waals surface area contributed by atoms with Crippen molar-refractivity contribution < 1.29 is 4.58 Å². The van der Waals surface area contributed by atoms with E-state index in [9.17, 15) is 0 Å².